The molecule has 0 amide bonds. The van der Waals surface area contributed by atoms with Crippen molar-refractivity contribution >= 4 is 0 Å². The molecule has 0 aromatic heterocycles. The van der Waals surface area contributed by atoms with E-state index in [1.165, 1.54) is 11.1 Å². The highest BCUT2D eigenvalue weighted by Crippen LogP contribution is 2.28. The van der Waals surface area contributed by atoms with Crippen LogP contribution in [0.3, 0.4) is 0 Å². The fourth-order valence-electron chi connectivity index (χ4n) is 1.81. The summed E-state index contributed by atoms with van der Waals surface area (Å²) in [6.45, 7) is 7.06. The molecule has 1 heteroatoms. The molecule has 1 aliphatic heterocycles. The summed E-state index contributed by atoms with van der Waals surface area (Å²) in [4.78, 5) is 0. The Hall–Kier alpha value is -0.820. The van der Waals surface area contributed by atoms with Crippen LogP contribution in [0, 0.1) is 0 Å². The lowest BCUT2D eigenvalue weighted by molar-refractivity contribution is 0.0399. The highest BCUT2D eigenvalue weighted by Gasteiger charge is 2.17. The van der Waals surface area contributed by atoms with Crippen LogP contribution in [0.5, 0.6) is 0 Å². The van der Waals surface area contributed by atoms with Crippen LogP contribution in [0.25, 0.3) is 0 Å². The second-order valence-corrected chi connectivity index (χ2v) is 3.22. The second-order valence-electron chi connectivity index (χ2n) is 3.22. The molecule has 1 nitrogen and oxygen atoms in total. The first-order chi connectivity index (χ1) is 6.92. The Morgan fingerprint density at radius 2 is 2.00 bits per heavy atom. The Morgan fingerprint density at radius 3 is 2.71 bits per heavy atom. The first kappa shape index (κ1) is 11.3. The van der Waals surface area contributed by atoms with Crippen LogP contribution in [0.1, 0.15) is 44.4 Å². The number of fused-ring (bicyclic) bond motifs is 1. The van der Waals surface area contributed by atoms with E-state index >= 15 is 0 Å². The molecule has 14 heavy (non-hydrogen) atoms. The summed E-state index contributed by atoms with van der Waals surface area (Å²) < 4.78 is 5.65. The van der Waals surface area contributed by atoms with E-state index in [2.05, 4.69) is 31.2 Å². The second kappa shape index (κ2) is 5.82. The maximum atomic E-state index is 5.65. The SMILES string of the molecule is CC.CCC1OCCc2ccccc21. The van der Waals surface area contributed by atoms with Crippen molar-refractivity contribution in [2.75, 3.05) is 6.61 Å². The highest BCUT2D eigenvalue weighted by atomic mass is 16.5. The van der Waals surface area contributed by atoms with Gasteiger partial charge in [0.05, 0.1) is 12.7 Å². The predicted molar refractivity (Wildman–Crippen MR) is 60.5 cm³/mol. The van der Waals surface area contributed by atoms with Crippen LogP contribution in [-0.2, 0) is 11.2 Å². The van der Waals surface area contributed by atoms with Crippen molar-refractivity contribution in [2.45, 2.75) is 39.7 Å². The fraction of sp³-hybridized carbons (Fsp3) is 0.538. The van der Waals surface area contributed by atoms with Gasteiger partial charge in [0.15, 0.2) is 0 Å². The van der Waals surface area contributed by atoms with Crippen LogP contribution in [0.15, 0.2) is 24.3 Å². The molecule has 1 unspecified atom stereocenters. The third kappa shape index (κ3) is 2.36. The summed E-state index contributed by atoms with van der Waals surface area (Å²) in [6.07, 6.45) is 2.50. The Bertz CT molecular complexity index is 268. The monoisotopic (exact) mass is 192 g/mol. The average molecular weight is 192 g/mol. The highest BCUT2D eigenvalue weighted by molar-refractivity contribution is 5.30. The summed E-state index contributed by atoms with van der Waals surface area (Å²) in [6, 6.07) is 8.59. The lowest BCUT2D eigenvalue weighted by Crippen LogP contribution is -2.15. The van der Waals surface area contributed by atoms with Gasteiger partial charge in [-0.1, -0.05) is 45.0 Å². The molecule has 0 radical (unpaired) electrons. The molecule has 0 N–H and O–H groups in total. The molecule has 0 saturated carbocycles. The molecule has 0 aliphatic carbocycles. The van der Waals surface area contributed by atoms with Gasteiger partial charge in [0, 0.05) is 0 Å². The van der Waals surface area contributed by atoms with Gasteiger partial charge in [0.2, 0.25) is 0 Å². The van der Waals surface area contributed by atoms with E-state index in [0.29, 0.717) is 6.10 Å². The van der Waals surface area contributed by atoms with Gasteiger partial charge in [-0.2, -0.15) is 0 Å². The summed E-state index contributed by atoms with van der Waals surface area (Å²) in [5.41, 5.74) is 2.86. The molecule has 0 saturated heterocycles. The van der Waals surface area contributed by atoms with Crippen molar-refractivity contribution in [1.82, 2.24) is 0 Å². The first-order valence-electron chi connectivity index (χ1n) is 5.61. The van der Waals surface area contributed by atoms with Crippen molar-refractivity contribution in [3.05, 3.63) is 35.4 Å². The van der Waals surface area contributed by atoms with Crippen molar-refractivity contribution < 1.29 is 4.74 Å². The van der Waals surface area contributed by atoms with Gasteiger partial charge >= 0.3 is 0 Å². The molecule has 2 rings (SSSR count). The zero-order valence-electron chi connectivity index (χ0n) is 9.42. The molecule has 0 bridgehead atoms. The number of rotatable bonds is 1. The van der Waals surface area contributed by atoms with Crippen molar-refractivity contribution in [3.8, 4) is 0 Å². The molecule has 0 spiro atoms. The van der Waals surface area contributed by atoms with E-state index in [1.54, 1.807) is 0 Å². The summed E-state index contributed by atoms with van der Waals surface area (Å²) in [5, 5.41) is 0. The lowest BCUT2D eigenvalue weighted by Gasteiger charge is -2.24. The summed E-state index contributed by atoms with van der Waals surface area (Å²) >= 11 is 0. The molecule has 1 aromatic rings. The lowest BCUT2D eigenvalue weighted by atomic mass is 9.96. The van der Waals surface area contributed by atoms with Gasteiger partial charge in [-0.3, -0.25) is 0 Å². The molecule has 78 valence electrons. The van der Waals surface area contributed by atoms with Gasteiger partial charge in [-0.05, 0) is 24.0 Å². The number of benzene rings is 1. The van der Waals surface area contributed by atoms with Crippen LogP contribution in [0.2, 0.25) is 0 Å². The summed E-state index contributed by atoms with van der Waals surface area (Å²) in [7, 11) is 0. The predicted octanol–water partition coefficient (Wildman–Crippen LogP) is 3.74. The third-order valence-corrected chi connectivity index (χ3v) is 2.46. The Labute approximate surface area is 87.1 Å². The summed E-state index contributed by atoms with van der Waals surface area (Å²) in [5.74, 6) is 0. The van der Waals surface area contributed by atoms with E-state index in [0.717, 1.165) is 19.4 Å². The smallest absolute Gasteiger partial charge is 0.0825 e. The topological polar surface area (TPSA) is 9.23 Å². The van der Waals surface area contributed by atoms with Crippen LogP contribution in [-0.4, -0.2) is 6.61 Å². The van der Waals surface area contributed by atoms with Gasteiger partial charge in [-0.25, -0.2) is 0 Å². The average Bonchev–Trinajstić information content (AvgIpc) is 2.31. The normalized spacial score (nSPS) is 19.2. The molecular weight excluding hydrogens is 172 g/mol. The molecule has 1 aromatic carbocycles. The minimum atomic E-state index is 0.343. The van der Waals surface area contributed by atoms with Crippen LogP contribution in [0.4, 0.5) is 0 Å². The fourth-order valence-corrected chi connectivity index (χ4v) is 1.81. The van der Waals surface area contributed by atoms with E-state index in [1.807, 2.05) is 13.8 Å². The molecule has 0 fully saturated rings. The largest absolute Gasteiger partial charge is 0.373 e. The number of ether oxygens (including phenoxy) is 1. The minimum absolute atomic E-state index is 0.343. The van der Waals surface area contributed by atoms with E-state index in [-0.39, 0.29) is 0 Å². The Morgan fingerprint density at radius 1 is 1.29 bits per heavy atom. The maximum absolute atomic E-state index is 5.65. The quantitative estimate of drug-likeness (QED) is 0.658. The van der Waals surface area contributed by atoms with Crippen molar-refractivity contribution in [2.24, 2.45) is 0 Å². The van der Waals surface area contributed by atoms with Crippen LogP contribution < -0.4 is 0 Å². The van der Waals surface area contributed by atoms with E-state index in [4.69, 9.17) is 4.74 Å². The number of hydrogen-bond donors (Lipinski definition) is 0. The first-order valence-corrected chi connectivity index (χ1v) is 5.61. The minimum Gasteiger partial charge on any atom is -0.373 e. The Balaban J connectivity index is 0.000000461. The van der Waals surface area contributed by atoms with Crippen molar-refractivity contribution in [1.29, 1.82) is 0 Å². The zero-order chi connectivity index (χ0) is 10.4. The van der Waals surface area contributed by atoms with Gasteiger partial charge in [0.1, 0.15) is 0 Å². The molecule has 1 heterocycles. The molecule has 1 atom stereocenters. The van der Waals surface area contributed by atoms with Gasteiger partial charge in [-0.15, -0.1) is 0 Å². The third-order valence-electron chi connectivity index (χ3n) is 2.46. The molecule has 1 aliphatic rings. The number of hydrogen-bond acceptors (Lipinski definition) is 1. The van der Waals surface area contributed by atoms with Gasteiger partial charge in [0.25, 0.3) is 0 Å². The van der Waals surface area contributed by atoms with Crippen molar-refractivity contribution in [3.63, 3.8) is 0 Å². The Kier molecular flexibility index (Phi) is 4.68. The molecular formula is C13H20O. The maximum Gasteiger partial charge on any atom is 0.0825 e. The van der Waals surface area contributed by atoms with Gasteiger partial charge < -0.3 is 4.74 Å². The van der Waals surface area contributed by atoms with Crippen LogP contribution >= 0.6 is 0 Å². The van der Waals surface area contributed by atoms with E-state index < -0.39 is 0 Å². The standard InChI is InChI=1S/C11H14O.C2H6/c1-2-11-10-6-4-3-5-9(10)7-8-12-11;1-2/h3-6,11H,2,7-8H2,1H3;1-2H3. The van der Waals surface area contributed by atoms with E-state index in [9.17, 15) is 0 Å². The zero-order valence-corrected chi connectivity index (χ0v) is 9.42.